The van der Waals surface area contributed by atoms with E-state index in [1.165, 1.54) is 0 Å². The van der Waals surface area contributed by atoms with Crippen LogP contribution in [0, 0.1) is 5.92 Å². The van der Waals surface area contributed by atoms with Crippen molar-refractivity contribution in [1.29, 1.82) is 0 Å². The highest BCUT2D eigenvalue weighted by atomic mass is 79.9. The van der Waals surface area contributed by atoms with Gasteiger partial charge in [-0.15, -0.1) is 10.2 Å². The molecule has 0 atom stereocenters. The van der Waals surface area contributed by atoms with Gasteiger partial charge in [0.15, 0.2) is 5.82 Å². The van der Waals surface area contributed by atoms with Crippen molar-refractivity contribution in [3.63, 3.8) is 0 Å². The first-order chi connectivity index (χ1) is 15.6. The number of anilines is 1. The number of hydrogen-bond donors (Lipinski definition) is 1. The fraction of sp³-hybridized carbons (Fsp3) is 0.292. The lowest BCUT2D eigenvalue weighted by atomic mass is 9.96. The summed E-state index contributed by atoms with van der Waals surface area (Å²) in [4.78, 5) is 16.0. The summed E-state index contributed by atoms with van der Waals surface area (Å²) in [6.07, 6.45) is 1.60. The van der Waals surface area contributed by atoms with Gasteiger partial charge in [0, 0.05) is 40.5 Å². The number of carbonyl (C=O) groups is 1. The third kappa shape index (κ3) is 5.81. The van der Waals surface area contributed by atoms with Crippen molar-refractivity contribution < 1.29 is 9.53 Å². The molecule has 8 heteroatoms. The first kappa shape index (κ1) is 22.6. The molecule has 0 spiro atoms. The number of rotatable bonds is 7. The zero-order chi connectivity index (χ0) is 22.3. The van der Waals surface area contributed by atoms with Gasteiger partial charge >= 0.3 is 0 Å². The molecule has 1 N–H and O–H groups in total. The van der Waals surface area contributed by atoms with E-state index in [9.17, 15) is 4.79 Å². The maximum Gasteiger partial charge on any atom is 0.223 e. The van der Waals surface area contributed by atoms with Crippen LogP contribution in [0.4, 0.5) is 5.82 Å². The first-order valence-corrected chi connectivity index (χ1v) is 12.1. The molecule has 1 amide bonds. The molecule has 1 aliphatic heterocycles. The molecule has 32 heavy (non-hydrogen) atoms. The van der Waals surface area contributed by atoms with E-state index >= 15 is 0 Å². The minimum absolute atomic E-state index is 0.0150. The third-order valence-corrected chi connectivity index (χ3v) is 6.96. The fourth-order valence-electron chi connectivity index (χ4n) is 3.71. The molecule has 4 rings (SSSR count). The topological polar surface area (TPSA) is 67.3 Å². The maximum atomic E-state index is 12.6. The van der Waals surface area contributed by atoms with Crippen LogP contribution in [0.3, 0.4) is 0 Å². The van der Waals surface area contributed by atoms with E-state index in [1.54, 1.807) is 18.9 Å². The van der Waals surface area contributed by atoms with Gasteiger partial charge in [-0.3, -0.25) is 4.79 Å². The number of ether oxygens (including phenoxy) is 1. The zero-order valence-corrected chi connectivity index (χ0v) is 20.2. The second-order valence-corrected chi connectivity index (χ2v) is 9.59. The van der Waals surface area contributed by atoms with E-state index < -0.39 is 0 Å². The second-order valence-electron chi connectivity index (χ2n) is 7.58. The fourth-order valence-corrected chi connectivity index (χ4v) is 4.70. The predicted molar refractivity (Wildman–Crippen MR) is 130 cm³/mol. The van der Waals surface area contributed by atoms with Gasteiger partial charge in [-0.2, -0.15) is 0 Å². The monoisotopic (exact) mass is 512 g/mol. The second kappa shape index (κ2) is 10.8. The van der Waals surface area contributed by atoms with Crippen molar-refractivity contribution in [2.24, 2.45) is 5.92 Å². The molecule has 1 aromatic heterocycles. The van der Waals surface area contributed by atoms with Gasteiger partial charge in [-0.05, 0) is 55.3 Å². The van der Waals surface area contributed by atoms with Gasteiger partial charge in [-0.25, -0.2) is 0 Å². The number of nitrogens with zero attached hydrogens (tertiary/aromatic N) is 3. The van der Waals surface area contributed by atoms with E-state index in [4.69, 9.17) is 4.74 Å². The number of piperidine rings is 1. The molecular formula is C24H25BrN4O2S. The number of carbonyl (C=O) groups excluding carboxylic acids is 1. The highest BCUT2D eigenvalue weighted by Crippen LogP contribution is 2.28. The molecule has 0 bridgehead atoms. The molecule has 0 saturated carbocycles. The van der Waals surface area contributed by atoms with Crippen LogP contribution >= 0.6 is 27.7 Å². The Balaban J connectivity index is 1.26. The minimum Gasteiger partial charge on any atom is -0.496 e. The van der Waals surface area contributed by atoms with Crippen LogP contribution in [0.25, 0.3) is 0 Å². The Kier molecular flexibility index (Phi) is 7.65. The minimum atomic E-state index is 0.0150. The lowest BCUT2D eigenvalue weighted by molar-refractivity contribution is -0.125. The molecule has 0 unspecified atom stereocenters. The standard InChI is InChI=1S/C24H25BrN4O2S/c1-31-21-5-3-2-4-18(21)16-26-24(30)17-12-14-29(15-13-17)22-10-11-23(28-27-22)32-20-8-6-19(25)7-9-20/h2-11,17H,12-16H2,1H3,(H,26,30). The molecule has 1 aliphatic rings. The Morgan fingerprint density at radius 2 is 1.84 bits per heavy atom. The lowest BCUT2D eigenvalue weighted by Crippen LogP contribution is -2.40. The normalized spacial score (nSPS) is 14.2. The van der Waals surface area contributed by atoms with Crippen molar-refractivity contribution in [3.05, 3.63) is 70.7 Å². The van der Waals surface area contributed by atoms with Gasteiger partial charge < -0.3 is 15.0 Å². The summed E-state index contributed by atoms with van der Waals surface area (Å²) in [5.41, 5.74) is 0.983. The van der Waals surface area contributed by atoms with Crippen molar-refractivity contribution in [3.8, 4) is 5.75 Å². The predicted octanol–water partition coefficient (Wildman–Crippen LogP) is 4.93. The summed E-state index contributed by atoms with van der Waals surface area (Å²) in [7, 11) is 1.64. The van der Waals surface area contributed by atoms with Crippen LogP contribution in [0.5, 0.6) is 5.75 Å². The summed E-state index contributed by atoms with van der Waals surface area (Å²) in [5, 5.41) is 12.7. The van der Waals surface area contributed by atoms with Crippen LogP contribution in [0.2, 0.25) is 0 Å². The van der Waals surface area contributed by atoms with Crippen LogP contribution in [0.1, 0.15) is 18.4 Å². The van der Waals surface area contributed by atoms with E-state index in [0.717, 1.165) is 57.5 Å². The smallest absolute Gasteiger partial charge is 0.223 e. The molecular weight excluding hydrogens is 488 g/mol. The van der Waals surface area contributed by atoms with Crippen molar-refractivity contribution in [2.75, 3.05) is 25.1 Å². The SMILES string of the molecule is COc1ccccc1CNC(=O)C1CCN(c2ccc(Sc3ccc(Br)cc3)nn2)CC1. The quantitative estimate of drug-likeness (QED) is 0.483. The molecule has 166 valence electrons. The summed E-state index contributed by atoms with van der Waals surface area (Å²) < 4.78 is 6.41. The molecule has 1 fully saturated rings. The number of hydrogen-bond acceptors (Lipinski definition) is 6. The molecule has 0 aliphatic carbocycles. The molecule has 0 radical (unpaired) electrons. The van der Waals surface area contributed by atoms with Crippen LogP contribution < -0.4 is 15.0 Å². The Labute approximate surface area is 200 Å². The summed E-state index contributed by atoms with van der Waals surface area (Å²) in [6.45, 7) is 2.06. The number of methoxy groups -OCH3 is 1. The highest BCUT2D eigenvalue weighted by Gasteiger charge is 2.25. The van der Waals surface area contributed by atoms with Gasteiger partial charge in [-0.1, -0.05) is 45.9 Å². The molecule has 6 nitrogen and oxygen atoms in total. The van der Waals surface area contributed by atoms with Crippen molar-refractivity contribution in [1.82, 2.24) is 15.5 Å². The van der Waals surface area contributed by atoms with Gasteiger partial charge in [0.2, 0.25) is 5.91 Å². The number of benzene rings is 2. The Morgan fingerprint density at radius 1 is 1.09 bits per heavy atom. The molecule has 2 aromatic carbocycles. The first-order valence-electron chi connectivity index (χ1n) is 10.5. The third-order valence-electron chi connectivity index (χ3n) is 5.50. The molecule has 1 saturated heterocycles. The molecule has 2 heterocycles. The van der Waals surface area contributed by atoms with Crippen molar-refractivity contribution >= 4 is 39.4 Å². The van der Waals surface area contributed by atoms with E-state index in [-0.39, 0.29) is 11.8 Å². The Morgan fingerprint density at radius 3 is 2.53 bits per heavy atom. The summed E-state index contributed by atoms with van der Waals surface area (Å²) in [6, 6.07) is 19.9. The maximum absolute atomic E-state index is 12.6. The van der Waals surface area contributed by atoms with Gasteiger partial charge in [0.1, 0.15) is 10.8 Å². The largest absolute Gasteiger partial charge is 0.496 e. The summed E-state index contributed by atoms with van der Waals surface area (Å²) >= 11 is 5.04. The number of aromatic nitrogens is 2. The number of halogens is 1. The van der Waals surface area contributed by atoms with E-state index in [0.29, 0.717) is 6.54 Å². The number of nitrogens with one attached hydrogen (secondary N) is 1. The lowest BCUT2D eigenvalue weighted by Gasteiger charge is -2.31. The van der Waals surface area contributed by atoms with Crippen molar-refractivity contribution in [2.45, 2.75) is 29.3 Å². The molecule has 3 aromatic rings. The van der Waals surface area contributed by atoms with Crippen LogP contribution in [-0.4, -0.2) is 36.3 Å². The van der Waals surface area contributed by atoms with Crippen LogP contribution in [0.15, 0.2) is 75.1 Å². The zero-order valence-electron chi connectivity index (χ0n) is 17.8. The number of para-hydroxylation sites is 1. The van der Waals surface area contributed by atoms with Crippen LogP contribution in [-0.2, 0) is 11.3 Å². The Hall–Kier alpha value is -2.58. The van der Waals surface area contributed by atoms with E-state index in [1.807, 2.05) is 60.7 Å². The average molecular weight is 513 g/mol. The number of amides is 1. The van der Waals surface area contributed by atoms with E-state index in [2.05, 4.69) is 36.3 Å². The average Bonchev–Trinajstić information content (AvgIpc) is 2.85. The summed E-state index contributed by atoms with van der Waals surface area (Å²) in [5.74, 6) is 1.77. The highest BCUT2D eigenvalue weighted by molar-refractivity contribution is 9.10. The Bertz CT molecular complexity index is 1040. The van der Waals surface area contributed by atoms with Gasteiger partial charge in [0.25, 0.3) is 0 Å². The van der Waals surface area contributed by atoms with Gasteiger partial charge in [0.05, 0.1) is 7.11 Å².